The van der Waals surface area contributed by atoms with Crippen molar-refractivity contribution in [2.45, 2.75) is 19.9 Å². The predicted octanol–water partition coefficient (Wildman–Crippen LogP) is 5.21. The SMILES string of the molecule is CCNCc1cncc(-c2ccc3[nH]nc(-c4nc5nccc(-c6cc(F)cc(CCS(C)(=O)=O)c6)c5[nH]4)c3c2F)c1. The van der Waals surface area contributed by atoms with Crippen LogP contribution in [0.2, 0.25) is 0 Å². The third kappa shape index (κ3) is 5.50. The number of H-pyrrole nitrogens is 2. The van der Waals surface area contributed by atoms with Crippen molar-refractivity contribution >= 4 is 31.9 Å². The van der Waals surface area contributed by atoms with Crippen molar-refractivity contribution in [2.75, 3.05) is 18.6 Å². The Morgan fingerprint density at radius 3 is 2.62 bits per heavy atom. The van der Waals surface area contributed by atoms with Gasteiger partial charge in [-0.05, 0) is 66.1 Å². The van der Waals surface area contributed by atoms with Crippen molar-refractivity contribution in [3.63, 3.8) is 0 Å². The molecule has 0 saturated carbocycles. The summed E-state index contributed by atoms with van der Waals surface area (Å²) in [5.41, 5.74) is 5.30. The fourth-order valence-electron chi connectivity index (χ4n) is 4.99. The molecular formula is C30H27F2N7O2S. The summed E-state index contributed by atoms with van der Waals surface area (Å²) < 4.78 is 54.0. The molecule has 12 heteroatoms. The number of halogens is 2. The van der Waals surface area contributed by atoms with E-state index in [1.54, 1.807) is 42.9 Å². The lowest BCUT2D eigenvalue weighted by Crippen LogP contribution is -2.11. The van der Waals surface area contributed by atoms with Crippen LogP contribution >= 0.6 is 0 Å². The molecule has 0 unspecified atom stereocenters. The van der Waals surface area contributed by atoms with Gasteiger partial charge in [0.25, 0.3) is 0 Å². The Morgan fingerprint density at radius 2 is 1.81 bits per heavy atom. The van der Waals surface area contributed by atoms with Gasteiger partial charge in [0.2, 0.25) is 0 Å². The number of nitrogens with zero attached hydrogens (tertiary/aromatic N) is 4. The summed E-state index contributed by atoms with van der Waals surface area (Å²) in [5.74, 6) is -0.753. The van der Waals surface area contributed by atoms with E-state index in [2.05, 4.69) is 35.5 Å². The fraction of sp³-hybridized carbons (Fsp3) is 0.200. The molecule has 6 rings (SSSR count). The maximum Gasteiger partial charge on any atom is 0.178 e. The molecule has 42 heavy (non-hydrogen) atoms. The smallest absolute Gasteiger partial charge is 0.178 e. The van der Waals surface area contributed by atoms with Crippen molar-refractivity contribution < 1.29 is 17.2 Å². The van der Waals surface area contributed by atoms with Gasteiger partial charge < -0.3 is 10.3 Å². The highest BCUT2D eigenvalue weighted by atomic mass is 32.2. The first-order chi connectivity index (χ1) is 20.2. The minimum Gasteiger partial charge on any atom is -0.335 e. The zero-order chi connectivity index (χ0) is 29.4. The largest absolute Gasteiger partial charge is 0.335 e. The van der Waals surface area contributed by atoms with E-state index in [0.29, 0.717) is 56.9 Å². The second-order valence-electron chi connectivity index (χ2n) is 10.2. The van der Waals surface area contributed by atoms with Gasteiger partial charge in [0.05, 0.1) is 22.2 Å². The molecular weight excluding hydrogens is 560 g/mol. The number of rotatable bonds is 9. The Kier molecular flexibility index (Phi) is 7.25. The van der Waals surface area contributed by atoms with Gasteiger partial charge >= 0.3 is 0 Å². The van der Waals surface area contributed by atoms with Crippen LogP contribution in [0.1, 0.15) is 18.1 Å². The Hall–Kier alpha value is -4.55. The van der Waals surface area contributed by atoms with Gasteiger partial charge in [-0.2, -0.15) is 5.10 Å². The minimum atomic E-state index is -3.21. The van der Waals surface area contributed by atoms with E-state index in [0.717, 1.165) is 18.4 Å². The summed E-state index contributed by atoms with van der Waals surface area (Å²) in [5, 5.41) is 10.8. The van der Waals surface area contributed by atoms with E-state index in [1.807, 2.05) is 13.0 Å². The average molecular weight is 588 g/mol. The van der Waals surface area contributed by atoms with Crippen molar-refractivity contribution in [2.24, 2.45) is 0 Å². The van der Waals surface area contributed by atoms with E-state index < -0.39 is 21.5 Å². The first-order valence-electron chi connectivity index (χ1n) is 13.3. The highest BCUT2D eigenvalue weighted by Gasteiger charge is 2.21. The first-order valence-corrected chi connectivity index (χ1v) is 15.4. The summed E-state index contributed by atoms with van der Waals surface area (Å²) in [6, 6.07) is 11.5. The Bertz CT molecular complexity index is 2050. The summed E-state index contributed by atoms with van der Waals surface area (Å²) in [7, 11) is -3.21. The van der Waals surface area contributed by atoms with Crippen LogP contribution in [0.5, 0.6) is 0 Å². The molecule has 4 aromatic heterocycles. The van der Waals surface area contributed by atoms with Crippen LogP contribution in [0.15, 0.2) is 61.1 Å². The van der Waals surface area contributed by atoms with Crippen molar-refractivity contribution in [1.29, 1.82) is 0 Å². The summed E-state index contributed by atoms with van der Waals surface area (Å²) in [6.45, 7) is 3.44. The van der Waals surface area contributed by atoms with Crippen molar-refractivity contribution in [1.82, 2.24) is 35.5 Å². The number of hydrogen-bond donors (Lipinski definition) is 3. The molecule has 6 aromatic rings. The quantitative estimate of drug-likeness (QED) is 0.212. The number of benzene rings is 2. The Balaban J connectivity index is 1.42. The van der Waals surface area contributed by atoms with Crippen LogP contribution in [-0.4, -0.2) is 57.1 Å². The van der Waals surface area contributed by atoms with Crippen LogP contribution in [0, 0.1) is 11.6 Å². The standard InChI is InChI=1S/C30H27F2N7O2S/c1-3-33-14-18-11-20(16-34-15-18)22-4-5-24-25(26(22)32)28(39-38-24)30-36-27-23(6-8-35-29(27)37-30)19-10-17(12-21(31)13-19)7-9-42(2,40)41/h4-6,8,10-13,15-16,33H,3,7,9,14H2,1-2H3,(H,38,39)(H,35,36,37). The van der Waals surface area contributed by atoms with Crippen LogP contribution in [0.4, 0.5) is 8.78 Å². The molecule has 0 amide bonds. The second-order valence-corrected chi connectivity index (χ2v) is 12.4. The number of imidazole rings is 1. The normalized spacial score (nSPS) is 12.0. The topological polar surface area (TPSA) is 129 Å². The van der Waals surface area contributed by atoms with Gasteiger partial charge in [-0.1, -0.05) is 13.0 Å². The van der Waals surface area contributed by atoms with Gasteiger partial charge in [-0.15, -0.1) is 0 Å². The van der Waals surface area contributed by atoms with Crippen molar-refractivity contribution in [3.05, 3.63) is 83.8 Å². The number of pyridine rings is 2. The fourth-order valence-corrected chi connectivity index (χ4v) is 5.59. The average Bonchev–Trinajstić information content (AvgIpc) is 3.59. The number of fused-ring (bicyclic) bond motifs is 2. The molecule has 0 bridgehead atoms. The van der Waals surface area contributed by atoms with Crippen LogP contribution in [0.3, 0.4) is 0 Å². The second kappa shape index (κ2) is 11.0. The molecule has 0 aliphatic carbocycles. The van der Waals surface area contributed by atoms with Crippen LogP contribution < -0.4 is 5.32 Å². The number of hydrogen-bond acceptors (Lipinski definition) is 7. The molecule has 0 aliphatic rings. The molecule has 0 fully saturated rings. The first kappa shape index (κ1) is 27.6. The molecule has 3 N–H and O–H groups in total. The van der Waals surface area contributed by atoms with Gasteiger partial charge in [0.15, 0.2) is 11.5 Å². The zero-order valence-electron chi connectivity index (χ0n) is 22.9. The predicted molar refractivity (Wildman–Crippen MR) is 158 cm³/mol. The molecule has 0 saturated heterocycles. The third-order valence-electron chi connectivity index (χ3n) is 7.00. The number of aryl methyl sites for hydroxylation is 1. The Labute approximate surface area is 240 Å². The lowest BCUT2D eigenvalue weighted by molar-refractivity contribution is 0.600. The maximum absolute atomic E-state index is 16.1. The molecule has 0 radical (unpaired) electrons. The lowest BCUT2D eigenvalue weighted by atomic mass is 10.0. The maximum atomic E-state index is 16.1. The molecule has 0 spiro atoms. The van der Waals surface area contributed by atoms with Gasteiger partial charge in [0, 0.05) is 48.1 Å². The lowest BCUT2D eigenvalue weighted by Gasteiger charge is -2.08. The monoisotopic (exact) mass is 587 g/mol. The molecule has 0 atom stereocenters. The molecule has 214 valence electrons. The summed E-state index contributed by atoms with van der Waals surface area (Å²) in [6.07, 6.45) is 6.26. The van der Waals surface area contributed by atoms with Gasteiger partial charge in [-0.3, -0.25) is 10.1 Å². The summed E-state index contributed by atoms with van der Waals surface area (Å²) >= 11 is 0. The minimum absolute atomic E-state index is 0.0916. The molecule has 0 aliphatic heterocycles. The van der Waals surface area contributed by atoms with Crippen molar-refractivity contribution in [3.8, 4) is 33.8 Å². The van der Waals surface area contributed by atoms with E-state index in [-0.39, 0.29) is 23.3 Å². The highest BCUT2D eigenvalue weighted by Crippen LogP contribution is 2.35. The number of aromatic nitrogens is 6. The molecule has 9 nitrogen and oxygen atoms in total. The van der Waals surface area contributed by atoms with Gasteiger partial charge in [0.1, 0.15) is 27.2 Å². The van der Waals surface area contributed by atoms with E-state index in [1.165, 1.54) is 12.1 Å². The highest BCUT2D eigenvalue weighted by molar-refractivity contribution is 7.90. The van der Waals surface area contributed by atoms with E-state index in [4.69, 9.17) is 0 Å². The van der Waals surface area contributed by atoms with Gasteiger partial charge in [-0.25, -0.2) is 27.2 Å². The molecule has 4 heterocycles. The van der Waals surface area contributed by atoms with E-state index in [9.17, 15) is 12.8 Å². The summed E-state index contributed by atoms with van der Waals surface area (Å²) in [4.78, 5) is 16.4. The Morgan fingerprint density at radius 1 is 0.976 bits per heavy atom. The number of nitrogens with one attached hydrogen (secondary N) is 3. The van der Waals surface area contributed by atoms with Crippen LogP contribution in [0.25, 0.3) is 55.8 Å². The van der Waals surface area contributed by atoms with E-state index >= 15 is 4.39 Å². The third-order valence-corrected chi connectivity index (χ3v) is 7.94. The zero-order valence-corrected chi connectivity index (χ0v) is 23.7. The number of sulfone groups is 1. The molecule has 2 aromatic carbocycles. The van der Waals surface area contributed by atoms with Crippen LogP contribution in [-0.2, 0) is 22.8 Å². The number of aromatic amines is 2.